The van der Waals surface area contributed by atoms with Gasteiger partial charge in [-0.25, -0.2) is 4.79 Å². The van der Waals surface area contributed by atoms with Crippen molar-refractivity contribution in [2.24, 2.45) is 0 Å². The van der Waals surface area contributed by atoms with Crippen LogP contribution < -0.4 is 0 Å². The zero-order valence-corrected chi connectivity index (χ0v) is 9.39. The highest BCUT2D eigenvalue weighted by molar-refractivity contribution is 5.76. The van der Waals surface area contributed by atoms with Crippen molar-refractivity contribution in [1.29, 1.82) is 0 Å². The molecule has 0 aromatic rings. The van der Waals surface area contributed by atoms with E-state index in [0.29, 0.717) is 19.3 Å². The summed E-state index contributed by atoms with van der Waals surface area (Å²) in [5.74, 6) is 0. The average Bonchev–Trinajstić information content (AvgIpc) is 2.59. The van der Waals surface area contributed by atoms with Crippen LogP contribution in [-0.4, -0.2) is 54.2 Å². The Labute approximate surface area is 95.8 Å². The molecule has 0 N–H and O–H groups in total. The molecule has 0 aromatic heterocycles. The molecule has 87 valence electrons. The van der Waals surface area contributed by atoms with E-state index in [9.17, 15) is 4.79 Å². The normalized spacial score (nSPS) is 33.2. The maximum absolute atomic E-state index is 12.4. The Morgan fingerprint density at radius 2 is 2.12 bits per heavy atom. The van der Waals surface area contributed by atoms with Crippen molar-refractivity contribution in [1.82, 2.24) is 9.80 Å². The van der Waals surface area contributed by atoms with Crippen LogP contribution in [0.2, 0.25) is 0 Å². The summed E-state index contributed by atoms with van der Waals surface area (Å²) in [6.07, 6.45) is 8.77. The second-order valence-corrected chi connectivity index (χ2v) is 4.64. The van der Waals surface area contributed by atoms with Gasteiger partial charge in [-0.15, -0.1) is 0 Å². The molecular formula is C12H17N2O2. The first kappa shape index (κ1) is 10.1. The lowest BCUT2D eigenvalue weighted by molar-refractivity contribution is 0.0358. The molecule has 2 bridgehead atoms. The molecule has 3 aliphatic heterocycles. The Morgan fingerprint density at radius 1 is 1.31 bits per heavy atom. The van der Waals surface area contributed by atoms with E-state index in [4.69, 9.17) is 4.74 Å². The molecule has 2 atom stereocenters. The van der Waals surface area contributed by atoms with Gasteiger partial charge in [0.05, 0.1) is 25.3 Å². The predicted octanol–water partition coefficient (Wildman–Crippen LogP) is 1.03. The number of carbonyl (C=O) groups is 1. The molecule has 0 saturated carbocycles. The van der Waals surface area contributed by atoms with E-state index in [1.54, 1.807) is 0 Å². The highest BCUT2D eigenvalue weighted by atomic mass is 16.5. The monoisotopic (exact) mass is 221 g/mol. The lowest BCUT2D eigenvalue weighted by Gasteiger charge is -2.39. The second kappa shape index (κ2) is 4.09. The van der Waals surface area contributed by atoms with Crippen LogP contribution in [0, 0.1) is 6.08 Å². The number of carbonyl (C=O) groups excluding carboxylic acids is 1. The van der Waals surface area contributed by atoms with Crippen molar-refractivity contribution < 1.29 is 9.53 Å². The molecule has 1 radical (unpaired) electrons. The van der Waals surface area contributed by atoms with Gasteiger partial charge in [0.15, 0.2) is 0 Å². The number of morpholine rings is 1. The number of piperidine rings is 1. The van der Waals surface area contributed by atoms with E-state index in [0.717, 1.165) is 25.9 Å². The van der Waals surface area contributed by atoms with Crippen molar-refractivity contribution in [3.05, 3.63) is 12.2 Å². The van der Waals surface area contributed by atoms with Gasteiger partial charge in [-0.2, -0.15) is 0 Å². The molecule has 3 aliphatic rings. The number of fused-ring (bicyclic) bond motifs is 2. The van der Waals surface area contributed by atoms with E-state index < -0.39 is 0 Å². The van der Waals surface area contributed by atoms with Gasteiger partial charge >= 0.3 is 6.03 Å². The van der Waals surface area contributed by atoms with Crippen molar-refractivity contribution >= 4 is 6.03 Å². The summed E-state index contributed by atoms with van der Waals surface area (Å²) >= 11 is 0. The Bertz CT molecular complexity index is 296. The van der Waals surface area contributed by atoms with Crippen LogP contribution in [0.15, 0.2) is 6.08 Å². The number of rotatable bonds is 0. The van der Waals surface area contributed by atoms with E-state index in [2.05, 4.69) is 12.2 Å². The Hall–Kier alpha value is -1.03. The van der Waals surface area contributed by atoms with Crippen LogP contribution in [0.25, 0.3) is 0 Å². The lowest BCUT2D eigenvalue weighted by atomic mass is 10.0. The minimum atomic E-state index is 0.180. The molecule has 4 nitrogen and oxygen atoms in total. The van der Waals surface area contributed by atoms with Crippen LogP contribution >= 0.6 is 0 Å². The SMILES string of the molecule is O=C(N1CCOCC1)N1C2[C]=CC1CCC2. The molecule has 0 aromatic carbocycles. The fraction of sp³-hybridized carbons (Fsp3) is 0.750. The molecule has 0 spiro atoms. The zero-order chi connectivity index (χ0) is 11.0. The molecule has 2 fully saturated rings. The van der Waals surface area contributed by atoms with Gasteiger partial charge in [-0.05, 0) is 25.3 Å². The Balaban J connectivity index is 1.70. The smallest absolute Gasteiger partial charge is 0.321 e. The van der Waals surface area contributed by atoms with Crippen LogP contribution in [-0.2, 0) is 4.74 Å². The minimum Gasteiger partial charge on any atom is -0.378 e. The van der Waals surface area contributed by atoms with Crippen LogP contribution in [0.4, 0.5) is 4.79 Å². The first-order valence-corrected chi connectivity index (χ1v) is 6.10. The third kappa shape index (κ3) is 1.61. The molecule has 4 heteroatoms. The standard InChI is InChI=1S/C12H17N2O2/c15-12(13-6-8-16-9-7-13)14-10-2-1-3-11(14)5-4-10/h4,10-11H,1-3,6-9H2. The van der Waals surface area contributed by atoms with Gasteiger partial charge in [0.1, 0.15) is 0 Å². The number of amides is 2. The molecule has 3 heterocycles. The van der Waals surface area contributed by atoms with Gasteiger partial charge in [-0.1, -0.05) is 6.08 Å². The highest BCUT2D eigenvalue weighted by Gasteiger charge is 2.38. The summed E-state index contributed by atoms with van der Waals surface area (Å²) in [5, 5.41) is 0. The summed E-state index contributed by atoms with van der Waals surface area (Å²) in [6.45, 7) is 2.81. The highest BCUT2D eigenvalue weighted by Crippen LogP contribution is 2.30. The summed E-state index contributed by atoms with van der Waals surface area (Å²) in [6, 6.07) is 0.711. The fourth-order valence-electron chi connectivity index (χ4n) is 2.77. The zero-order valence-electron chi connectivity index (χ0n) is 9.39. The first-order valence-electron chi connectivity index (χ1n) is 6.10. The van der Waals surface area contributed by atoms with Gasteiger partial charge in [0.2, 0.25) is 0 Å². The van der Waals surface area contributed by atoms with Crippen molar-refractivity contribution in [2.75, 3.05) is 26.3 Å². The quantitative estimate of drug-likeness (QED) is 0.612. The van der Waals surface area contributed by atoms with Gasteiger partial charge in [0, 0.05) is 13.1 Å². The third-order valence-electron chi connectivity index (χ3n) is 3.65. The van der Waals surface area contributed by atoms with Gasteiger partial charge < -0.3 is 14.5 Å². The molecule has 2 saturated heterocycles. The number of hydrogen-bond donors (Lipinski definition) is 0. The molecule has 3 rings (SSSR count). The van der Waals surface area contributed by atoms with Crippen LogP contribution in [0.3, 0.4) is 0 Å². The fourth-order valence-corrected chi connectivity index (χ4v) is 2.77. The number of urea groups is 1. The largest absolute Gasteiger partial charge is 0.378 e. The maximum atomic E-state index is 12.4. The maximum Gasteiger partial charge on any atom is 0.321 e. The minimum absolute atomic E-state index is 0.180. The summed E-state index contributed by atoms with van der Waals surface area (Å²) < 4.78 is 5.27. The first-order chi connectivity index (χ1) is 7.86. The Kier molecular flexibility index (Phi) is 2.59. The summed E-state index contributed by atoms with van der Waals surface area (Å²) in [7, 11) is 0. The van der Waals surface area contributed by atoms with E-state index in [1.165, 1.54) is 6.42 Å². The number of nitrogens with zero attached hydrogens (tertiary/aromatic N) is 2. The lowest BCUT2D eigenvalue weighted by Crippen LogP contribution is -2.53. The molecule has 16 heavy (non-hydrogen) atoms. The topological polar surface area (TPSA) is 32.8 Å². The average molecular weight is 221 g/mol. The van der Waals surface area contributed by atoms with Crippen LogP contribution in [0.5, 0.6) is 0 Å². The van der Waals surface area contributed by atoms with Crippen molar-refractivity contribution in [2.45, 2.75) is 31.3 Å². The summed E-state index contributed by atoms with van der Waals surface area (Å²) in [4.78, 5) is 16.3. The molecule has 2 amide bonds. The van der Waals surface area contributed by atoms with E-state index >= 15 is 0 Å². The second-order valence-electron chi connectivity index (χ2n) is 4.64. The number of ether oxygens (including phenoxy) is 1. The van der Waals surface area contributed by atoms with E-state index in [-0.39, 0.29) is 12.1 Å². The predicted molar refractivity (Wildman–Crippen MR) is 58.9 cm³/mol. The Morgan fingerprint density at radius 3 is 2.88 bits per heavy atom. The van der Waals surface area contributed by atoms with E-state index in [1.807, 2.05) is 9.80 Å². The number of hydrogen-bond acceptors (Lipinski definition) is 2. The molecule has 0 aliphatic carbocycles. The van der Waals surface area contributed by atoms with Crippen LogP contribution in [0.1, 0.15) is 19.3 Å². The molecule has 2 unspecified atom stereocenters. The van der Waals surface area contributed by atoms with Crippen molar-refractivity contribution in [3.8, 4) is 0 Å². The third-order valence-corrected chi connectivity index (χ3v) is 3.65. The summed E-state index contributed by atoms with van der Waals surface area (Å²) in [5.41, 5.74) is 0. The molecular weight excluding hydrogens is 204 g/mol. The van der Waals surface area contributed by atoms with Crippen molar-refractivity contribution in [3.63, 3.8) is 0 Å². The van der Waals surface area contributed by atoms with Gasteiger partial charge in [-0.3, -0.25) is 0 Å². The van der Waals surface area contributed by atoms with Gasteiger partial charge in [0.25, 0.3) is 0 Å².